The lowest BCUT2D eigenvalue weighted by atomic mass is 9.90. The van der Waals surface area contributed by atoms with E-state index >= 15 is 0 Å². The fourth-order valence-corrected chi connectivity index (χ4v) is 12.8. The van der Waals surface area contributed by atoms with Gasteiger partial charge in [0.05, 0.1) is 11.0 Å². The predicted octanol–water partition coefficient (Wildman–Crippen LogP) is 19.1. The molecule has 0 aliphatic heterocycles. The fourth-order valence-electron chi connectivity index (χ4n) is 11.7. The first kappa shape index (κ1) is 39.3. The number of aryl methyl sites for hydroxylation is 1. The van der Waals surface area contributed by atoms with Crippen LogP contribution in [0.4, 0.5) is 17.1 Å². The van der Waals surface area contributed by atoms with Crippen molar-refractivity contribution in [2.75, 3.05) is 4.90 Å². The monoisotopic (exact) mass is 910 g/mol. The number of hydrogen-bond acceptors (Lipinski definition) is 3. The lowest BCUT2D eigenvalue weighted by molar-refractivity contribution is 0.595. The minimum atomic E-state index is 0.921. The van der Waals surface area contributed by atoms with Crippen LogP contribution in [0.2, 0.25) is 0 Å². The molecule has 11 aromatic carbocycles. The molecule has 3 aromatic heterocycles. The number of allylic oxidation sites excluding steroid dienone is 1. The molecule has 15 rings (SSSR count). The van der Waals surface area contributed by atoms with Gasteiger partial charge in [0.15, 0.2) is 0 Å². The van der Waals surface area contributed by atoms with E-state index in [1.807, 2.05) is 11.3 Å². The van der Waals surface area contributed by atoms with Gasteiger partial charge in [-0.05, 0) is 141 Å². The van der Waals surface area contributed by atoms with E-state index in [1.165, 1.54) is 96.5 Å². The van der Waals surface area contributed by atoms with Crippen molar-refractivity contribution in [1.82, 2.24) is 4.57 Å². The molecule has 4 heteroatoms. The third-order valence-corrected chi connectivity index (χ3v) is 15.9. The SMILES string of the molecule is C1=Cc2oc3cc4c(c(-c5ccccc5)c3c2CC1)c1cc(-c2ccc3c5ccccc5c5ccccc5c3c2)ccc1n4-c1ccc(N(c2ccccc2)c2ccc3c(c2)sc2ccccc23)cc1. The number of benzene rings is 11. The fraction of sp³-hybridized carbons (Fsp3) is 0.0303. The second-order valence-electron chi connectivity index (χ2n) is 18.7. The molecule has 0 saturated heterocycles. The zero-order valence-corrected chi connectivity index (χ0v) is 38.9. The summed E-state index contributed by atoms with van der Waals surface area (Å²) in [5, 5.41) is 13.9. The summed E-state index contributed by atoms with van der Waals surface area (Å²) in [4.78, 5) is 2.37. The highest BCUT2D eigenvalue weighted by molar-refractivity contribution is 7.25. The Labute approximate surface area is 408 Å². The van der Waals surface area contributed by atoms with Gasteiger partial charge >= 0.3 is 0 Å². The first-order chi connectivity index (χ1) is 34.7. The number of nitrogens with zero attached hydrogens (tertiary/aromatic N) is 2. The molecule has 328 valence electrons. The van der Waals surface area contributed by atoms with Crippen molar-refractivity contribution in [2.24, 2.45) is 0 Å². The summed E-state index contributed by atoms with van der Waals surface area (Å²) in [6.45, 7) is 0. The molecule has 0 atom stereocenters. The van der Waals surface area contributed by atoms with E-state index in [2.05, 4.69) is 240 Å². The number of anilines is 3. The van der Waals surface area contributed by atoms with E-state index in [4.69, 9.17) is 4.42 Å². The summed E-state index contributed by atoms with van der Waals surface area (Å²) < 4.78 is 11.9. The Balaban J connectivity index is 0.961. The highest BCUT2D eigenvalue weighted by Crippen LogP contribution is 2.48. The van der Waals surface area contributed by atoms with E-state index in [9.17, 15) is 0 Å². The predicted molar refractivity (Wildman–Crippen MR) is 299 cm³/mol. The van der Waals surface area contributed by atoms with Gasteiger partial charge in [-0.15, -0.1) is 11.3 Å². The van der Waals surface area contributed by atoms with Crippen molar-refractivity contribution >= 4 is 120 Å². The average molecular weight is 911 g/mol. The summed E-state index contributed by atoms with van der Waals surface area (Å²) >= 11 is 1.85. The number of furan rings is 1. The van der Waals surface area contributed by atoms with E-state index in [0.29, 0.717) is 0 Å². The molecule has 3 heterocycles. The molecule has 3 nitrogen and oxygen atoms in total. The zero-order valence-electron chi connectivity index (χ0n) is 38.1. The maximum absolute atomic E-state index is 6.84. The van der Waals surface area contributed by atoms with Crippen molar-refractivity contribution in [3.63, 3.8) is 0 Å². The molecule has 0 N–H and O–H groups in total. The first-order valence-corrected chi connectivity index (χ1v) is 25.0. The lowest BCUT2D eigenvalue weighted by Gasteiger charge is -2.26. The van der Waals surface area contributed by atoms with E-state index in [1.54, 1.807) is 0 Å². The van der Waals surface area contributed by atoms with Crippen LogP contribution in [-0.2, 0) is 6.42 Å². The van der Waals surface area contributed by atoms with Crippen LogP contribution in [0.5, 0.6) is 0 Å². The molecule has 0 bridgehead atoms. The number of hydrogen-bond donors (Lipinski definition) is 0. The molecule has 1 aliphatic rings. The van der Waals surface area contributed by atoms with Crippen molar-refractivity contribution in [1.29, 1.82) is 0 Å². The van der Waals surface area contributed by atoms with Crippen molar-refractivity contribution in [3.8, 4) is 27.9 Å². The number of fused-ring (bicyclic) bond motifs is 15. The molecular weight excluding hydrogens is 869 g/mol. The quantitative estimate of drug-likeness (QED) is 0.155. The Hall–Kier alpha value is -8.70. The number of aromatic nitrogens is 1. The van der Waals surface area contributed by atoms with Crippen LogP contribution in [0.15, 0.2) is 229 Å². The maximum Gasteiger partial charge on any atom is 0.137 e. The van der Waals surface area contributed by atoms with Crippen LogP contribution < -0.4 is 4.90 Å². The zero-order chi connectivity index (χ0) is 45.9. The normalized spacial score (nSPS) is 12.7. The molecule has 0 spiro atoms. The van der Waals surface area contributed by atoms with E-state index < -0.39 is 0 Å². The van der Waals surface area contributed by atoms with E-state index in [-0.39, 0.29) is 0 Å². The Bertz CT molecular complexity index is 4430. The largest absolute Gasteiger partial charge is 0.456 e. The number of para-hydroxylation sites is 1. The van der Waals surface area contributed by atoms with Gasteiger partial charge in [-0.2, -0.15) is 0 Å². The summed E-state index contributed by atoms with van der Waals surface area (Å²) in [6.07, 6.45) is 6.36. The van der Waals surface area contributed by atoms with E-state index in [0.717, 1.165) is 58.0 Å². The van der Waals surface area contributed by atoms with Crippen LogP contribution in [-0.4, -0.2) is 4.57 Å². The first-order valence-electron chi connectivity index (χ1n) is 24.2. The van der Waals surface area contributed by atoms with Crippen molar-refractivity contribution in [2.45, 2.75) is 12.8 Å². The molecule has 1 aliphatic carbocycles. The smallest absolute Gasteiger partial charge is 0.137 e. The number of rotatable bonds is 6. The molecule has 0 radical (unpaired) electrons. The van der Waals surface area contributed by atoms with Gasteiger partial charge in [-0.25, -0.2) is 0 Å². The third-order valence-electron chi connectivity index (χ3n) is 14.8. The van der Waals surface area contributed by atoms with Crippen LogP contribution in [0, 0.1) is 0 Å². The van der Waals surface area contributed by atoms with Crippen LogP contribution in [0.1, 0.15) is 17.7 Å². The summed E-state index contributed by atoms with van der Waals surface area (Å²) in [5.74, 6) is 0.970. The van der Waals surface area contributed by atoms with Crippen LogP contribution in [0.3, 0.4) is 0 Å². The van der Waals surface area contributed by atoms with Gasteiger partial charge in [-0.1, -0.05) is 146 Å². The topological polar surface area (TPSA) is 21.3 Å². The Morgan fingerprint density at radius 3 is 1.76 bits per heavy atom. The van der Waals surface area contributed by atoms with Crippen molar-refractivity contribution < 1.29 is 4.42 Å². The Morgan fingerprint density at radius 2 is 1.00 bits per heavy atom. The van der Waals surface area contributed by atoms with Crippen molar-refractivity contribution in [3.05, 3.63) is 236 Å². The van der Waals surface area contributed by atoms with Gasteiger partial charge < -0.3 is 13.9 Å². The minimum Gasteiger partial charge on any atom is -0.456 e. The van der Waals surface area contributed by atoms with Crippen LogP contribution >= 0.6 is 11.3 Å². The average Bonchev–Trinajstić information content (AvgIpc) is 4.10. The Morgan fingerprint density at radius 1 is 0.414 bits per heavy atom. The van der Waals surface area contributed by atoms with Gasteiger partial charge in [-0.3, -0.25) is 0 Å². The standard InChI is InChI=1S/C66H42N2OS/c1-3-15-41(16-4-1)64-65-57-38-43(42-27-34-52-50-21-8-7-19-48(50)49-20-9-10-22-51(49)56(52)37-42)28-36-58(57)68(59(65)40-61-66(64)55-24-11-13-25-60(55)69-61)46-31-29-45(30-32-46)67(44-17-5-2-6-18-44)47-33-35-54-53-23-12-14-26-62(53)70-63(54)39-47/h1-10,12-23,25-40H,11,24H2. The summed E-state index contributed by atoms with van der Waals surface area (Å²) in [5.41, 5.74) is 13.7. The van der Waals surface area contributed by atoms with Gasteiger partial charge in [0.1, 0.15) is 11.3 Å². The van der Waals surface area contributed by atoms with Gasteiger partial charge in [0.2, 0.25) is 0 Å². The van der Waals surface area contributed by atoms with Gasteiger partial charge in [0, 0.05) is 76.3 Å². The second-order valence-corrected chi connectivity index (χ2v) is 19.7. The van der Waals surface area contributed by atoms with Gasteiger partial charge in [0.25, 0.3) is 0 Å². The number of thiophene rings is 1. The molecular formula is C66H42N2OS. The van der Waals surface area contributed by atoms with Crippen LogP contribution in [0.25, 0.3) is 119 Å². The molecule has 0 fully saturated rings. The summed E-state index contributed by atoms with van der Waals surface area (Å²) in [7, 11) is 0. The maximum atomic E-state index is 6.84. The lowest BCUT2D eigenvalue weighted by Crippen LogP contribution is -2.09. The molecule has 70 heavy (non-hydrogen) atoms. The third kappa shape index (κ3) is 5.93. The second kappa shape index (κ2) is 15.4. The highest BCUT2D eigenvalue weighted by Gasteiger charge is 2.26. The summed E-state index contributed by atoms with van der Waals surface area (Å²) in [6, 6.07) is 80.6. The molecule has 14 aromatic rings. The highest BCUT2D eigenvalue weighted by atomic mass is 32.1. The minimum absolute atomic E-state index is 0.921. The molecule has 0 saturated carbocycles. The molecule has 0 unspecified atom stereocenters. The Kier molecular flexibility index (Phi) is 8.65. The molecule has 0 amide bonds.